The number of hydrogen-bond acceptors (Lipinski definition) is 0. The van der Waals surface area contributed by atoms with Crippen molar-refractivity contribution in [2.24, 2.45) is 0 Å². The van der Waals surface area contributed by atoms with Crippen LogP contribution in [0.3, 0.4) is 0 Å². The van der Waals surface area contributed by atoms with Crippen LogP contribution >= 0.6 is 0 Å². The molecule has 0 saturated heterocycles. The summed E-state index contributed by atoms with van der Waals surface area (Å²) in [6.07, 6.45) is 6.08. The van der Waals surface area contributed by atoms with Gasteiger partial charge in [0.2, 0.25) is 0 Å². The Labute approximate surface area is 73.9 Å². The highest BCUT2D eigenvalue weighted by molar-refractivity contribution is 5.69. The van der Waals surface area contributed by atoms with Crippen molar-refractivity contribution in [2.45, 2.75) is 26.2 Å². The lowest BCUT2D eigenvalue weighted by atomic mass is 9.87. The maximum atomic E-state index is 2.25. The molecule has 0 nitrogen and oxygen atoms in total. The van der Waals surface area contributed by atoms with Crippen molar-refractivity contribution in [2.75, 3.05) is 0 Å². The number of hydrogen-bond donors (Lipinski definition) is 0. The normalized spacial score (nSPS) is 19.2. The van der Waals surface area contributed by atoms with Crippen molar-refractivity contribution in [3.05, 3.63) is 41.5 Å². The molecule has 0 fully saturated rings. The maximum absolute atomic E-state index is 2.25. The molecule has 0 aliphatic heterocycles. The van der Waals surface area contributed by atoms with Crippen LogP contribution < -0.4 is 0 Å². The molecule has 0 atom stereocenters. The standard InChI is InChI=1S/C12H14/c1-2-10-7-5-8-11-6-3-4-9-12(10)11/h2-4,6,9H,5,7-8H2,1H3. The van der Waals surface area contributed by atoms with E-state index < -0.39 is 0 Å². The number of rotatable bonds is 0. The first kappa shape index (κ1) is 7.60. The fraction of sp³-hybridized carbons (Fsp3) is 0.333. The van der Waals surface area contributed by atoms with E-state index in [1.165, 1.54) is 36.0 Å². The van der Waals surface area contributed by atoms with Gasteiger partial charge in [-0.2, -0.15) is 0 Å². The zero-order valence-corrected chi connectivity index (χ0v) is 7.51. The highest BCUT2D eigenvalue weighted by atomic mass is 14.2. The Morgan fingerprint density at radius 3 is 2.83 bits per heavy atom. The summed E-state index contributed by atoms with van der Waals surface area (Å²) < 4.78 is 0. The number of fused-ring (bicyclic) bond motifs is 1. The van der Waals surface area contributed by atoms with Gasteiger partial charge in [-0.05, 0) is 42.9 Å². The minimum absolute atomic E-state index is 1.26. The topological polar surface area (TPSA) is 0 Å². The highest BCUT2D eigenvalue weighted by Crippen LogP contribution is 2.29. The van der Waals surface area contributed by atoms with E-state index >= 15 is 0 Å². The minimum Gasteiger partial charge on any atom is -0.0838 e. The third kappa shape index (κ3) is 1.18. The lowest BCUT2D eigenvalue weighted by molar-refractivity contribution is 0.821. The van der Waals surface area contributed by atoms with Crippen LogP contribution in [0.15, 0.2) is 30.3 Å². The Balaban J connectivity index is 2.51. The molecule has 1 aliphatic carbocycles. The molecule has 0 N–H and O–H groups in total. The van der Waals surface area contributed by atoms with E-state index in [2.05, 4.69) is 37.3 Å². The molecule has 1 aromatic rings. The zero-order valence-electron chi connectivity index (χ0n) is 7.51. The molecule has 0 radical (unpaired) electrons. The van der Waals surface area contributed by atoms with Gasteiger partial charge in [0.25, 0.3) is 0 Å². The van der Waals surface area contributed by atoms with Crippen molar-refractivity contribution >= 4 is 5.57 Å². The quantitative estimate of drug-likeness (QED) is 0.542. The summed E-state index contributed by atoms with van der Waals surface area (Å²) in [4.78, 5) is 0. The van der Waals surface area contributed by atoms with Gasteiger partial charge in [-0.3, -0.25) is 0 Å². The number of benzene rings is 1. The van der Waals surface area contributed by atoms with Crippen molar-refractivity contribution in [1.29, 1.82) is 0 Å². The first-order valence-corrected chi connectivity index (χ1v) is 4.65. The third-order valence-electron chi connectivity index (χ3n) is 2.60. The van der Waals surface area contributed by atoms with Crippen LogP contribution in [-0.4, -0.2) is 0 Å². The molecule has 1 aromatic carbocycles. The molecule has 0 heteroatoms. The molecule has 0 heterocycles. The molecule has 12 heavy (non-hydrogen) atoms. The van der Waals surface area contributed by atoms with Crippen LogP contribution in [0.25, 0.3) is 5.57 Å². The van der Waals surface area contributed by atoms with Crippen LogP contribution in [0.5, 0.6) is 0 Å². The van der Waals surface area contributed by atoms with E-state index in [0.29, 0.717) is 0 Å². The molecule has 1 aliphatic rings. The van der Waals surface area contributed by atoms with Gasteiger partial charge in [0.15, 0.2) is 0 Å². The van der Waals surface area contributed by atoms with Crippen molar-refractivity contribution in [3.8, 4) is 0 Å². The lowest BCUT2D eigenvalue weighted by Gasteiger charge is -2.18. The number of allylic oxidation sites excluding steroid dienone is 2. The predicted molar refractivity (Wildman–Crippen MR) is 53.0 cm³/mol. The Morgan fingerprint density at radius 2 is 2.00 bits per heavy atom. The Hall–Kier alpha value is -1.04. The summed E-state index contributed by atoms with van der Waals surface area (Å²) in [6, 6.07) is 8.76. The summed E-state index contributed by atoms with van der Waals surface area (Å²) in [5, 5.41) is 0. The Morgan fingerprint density at radius 1 is 1.17 bits per heavy atom. The molecule has 62 valence electrons. The van der Waals surface area contributed by atoms with Crippen LogP contribution in [-0.2, 0) is 6.42 Å². The Kier molecular flexibility index (Phi) is 1.99. The van der Waals surface area contributed by atoms with E-state index in [4.69, 9.17) is 0 Å². The second-order valence-electron chi connectivity index (χ2n) is 3.32. The van der Waals surface area contributed by atoms with Gasteiger partial charge >= 0.3 is 0 Å². The second kappa shape index (κ2) is 3.14. The average molecular weight is 158 g/mol. The van der Waals surface area contributed by atoms with Gasteiger partial charge < -0.3 is 0 Å². The van der Waals surface area contributed by atoms with Crippen LogP contribution in [0.1, 0.15) is 30.9 Å². The van der Waals surface area contributed by atoms with Gasteiger partial charge in [0.05, 0.1) is 0 Å². The monoisotopic (exact) mass is 158 g/mol. The van der Waals surface area contributed by atoms with E-state index in [9.17, 15) is 0 Å². The highest BCUT2D eigenvalue weighted by Gasteiger charge is 2.11. The third-order valence-corrected chi connectivity index (χ3v) is 2.60. The first-order chi connectivity index (χ1) is 5.92. The fourth-order valence-corrected chi connectivity index (χ4v) is 1.96. The molecule has 2 rings (SSSR count). The molecular formula is C12H14. The second-order valence-corrected chi connectivity index (χ2v) is 3.32. The fourth-order valence-electron chi connectivity index (χ4n) is 1.96. The molecular weight excluding hydrogens is 144 g/mol. The smallest absolute Gasteiger partial charge is 0.0196 e. The van der Waals surface area contributed by atoms with Crippen molar-refractivity contribution in [3.63, 3.8) is 0 Å². The zero-order chi connectivity index (χ0) is 8.39. The van der Waals surface area contributed by atoms with E-state index in [1.807, 2.05) is 0 Å². The van der Waals surface area contributed by atoms with Gasteiger partial charge in [0.1, 0.15) is 0 Å². The first-order valence-electron chi connectivity index (χ1n) is 4.65. The van der Waals surface area contributed by atoms with Crippen molar-refractivity contribution < 1.29 is 0 Å². The molecule has 0 aromatic heterocycles. The largest absolute Gasteiger partial charge is 0.0838 e. The van der Waals surface area contributed by atoms with Gasteiger partial charge in [0, 0.05) is 0 Å². The van der Waals surface area contributed by atoms with Crippen molar-refractivity contribution in [1.82, 2.24) is 0 Å². The van der Waals surface area contributed by atoms with E-state index in [-0.39, 0.29) is 0 Å². The van der Waals surface area contributed by atoms with Gasteiger partial charge in [-0.25, -0.2) is 0 Å². The van der Waals surface area contributed by atoms with Crippen LogP contribution in [0.4, 0.5) is 0 Å². The van der Waals surface area contributed by atoms with Gasteiger partial charge in [-0.1, -0.05) is 30.3 Å². The Bertz CT molecular complexity index is 308. The summed E-state index contributed by atoms with van der Waals surface area (Å²) in [6.45, 7) is 2.14. The summed E-state index contributed by atoms with van der Waals surface area (Å²) in [7, 11) is 0. The van der Waals surface area contributed by atoms with E-state index in [1.54, 1.807) is 0 Å². The number of aryl methyl sites for hydroxylation is 1. The van der Waals surface area contributed by atoms with Crippen LogP contribution in [0.2, 0.25) is 0 Å². The molecule has 0 saturated carbocycles. The minimum atomic E-state index is 1.26. The summed E-state index contributed by atoms with van der Waals surface area (Å²) in [5.41, 5.74) is 4.53. The molecule has 0 amide bonds. The predicted octanol–water partition coefficient (Wildman–Crippen LogP) is 3.43. The van der Waals surface area contributed by atoms with Crippen LogP contribution in [0, 0.1) is 0 Å². The summed E-state index contributed by atoms with van der Waals surface area (Å²) in [5.74, 6) is 0. The lowest BCUT2D eigenvalue weighted by Crippen LogP contribution is -2.00. The average Bonchev–Trinajstić information content (AvgIpc) is 2.17. The SMILES string of the molecule is CC=C1CCCc2ccccc21. The van der Waals surface area contributed by atoms with E-state index in [0.717, 1.165) is 0 Å². The van der Waals surface area contributed by atoms with Gasteiger partial charge in [-0.15, -0.1) is 0 Å². The molecule has 0 spiro atoms. The molecule has 0 unspecified atom stereocenters. The maximum Gasteiger partial charge on any atom is -0.0196 e. The summed E-state index contributed by atoms with van der Waals surface area (Å²) >= 11 is 0. The molecule has 0 bridgehead atoms.